The maximum atomic E-state index is 13.5. The van der Waals surface area contributed by atoms with Gasteiger partial charge in [0.15, 0.2) is 0 Å². The van der Waals surface area contributed by atoms with E-state index in [4.69, 9.17) is 28.9 Å². The molecule has 1 fully saturated rings. The number of aryl methyl sites for hydroxylation is 1. The highest BCUT2D eigenvalue weighted by molar-refractivity contribution is 7.99. The van der Waals surface area contributed by atoms with Gasteiger partial charge in [-0.2, -0.15) is 0 Å². The summed E-state index contributed by atoms with van der Waals surface area (Å²) in [5.41, 5.74) is 8.53. The van der Waals surface area contributed by atoms with Crippen LogP contribution in [0.1, 0.15) is 43.4 Å². The Morgan fingerprint density at radius 3 is 2.65 bits per heavy atom. The van der Waals surface area contributed by atoms with Gasteiger partial charge in [0.1, 0.15) is 0 Å². The van der Waals surface area contributed by atoms with E-state index in [1.54, 1.807) is 11.8 Å². The lowest BCUT2D eigenvalue weighted by Gasteiger charge is -2.31. The summed E-state index contributed by atoms with van der Waals surface area (Å²) in [4.78, 5) is 32.7. The van der Waals surface area contributed by atoms with Gasteiger partial charge in [-0.15, -0.1) is 11.8 Å². The minimum atomic E-state index is -0.484. The Hall–Kier alpha value is -1.77. The second kappa shape index (κ2) is 10.9. The molecule has 1 aromatic heterocycles. The highest BCUT2D eigenvalue weighted by Gasteiger charge is 2.22. The van der Waals surface area contributed by atoms with Gasteiger partial charge in [0.05, 0.1) is 22.5 Å². The van der Waals surface area contributed by atoms with Crippen LogP contribution in [-0.4, -0.2) is 39.3 Å². The zero-order valence-corrected chi connectivity index (χ0v) is 21.8. The number of nitrogens with zero attached hydrogens (tertiary/aromatic N) is 2. The molecule has 1 aliphatic heterocycles. The van der Waals surface area contributed by atoms with Gasteiger partial charge in [0.25, 0.3) is 5.56 Å². The summed E-state index contributed by atoms with van der Waals surface area (Å²) in [6.45, 7) is 6.67. The van der Waals surface area contributed by atoms with Crippen LogP contribution in [0.4, 0.5) is 0 Å². The molecule has 0 saturated carbocycles. The SMILES string of the molecule is CCSc1ccc(Cl)cc1Cn1c(=O)[nH]c2c(Cl)c(CN3CCCC(N)C3)c(CC)cc2c1=O. The standard InChI is InChI=1S/C25H30Cl2N4O2S/c1-3-15-11-19-23(22(27)20(15)14-30-9-5-6-18(28)13-30)29-25(33)31(24(19)32)12-16-10-17(26)7-8-21(16)34-4-2/h7-8,10-11,18H,3-6,9,12-14,28H2,1-2H3,(H,29,33). The van der Waals surface area contributed by atoms with E-state index in [0.29, 0.717) is 27.5 Å². The van der Waals surface area contributed by atoms with Gasteiger partial charge in [-0.25, -0.2) is 4.79 Å². The van der Waals surface area contributed by atoms with E-state index in [-0.39, 0.29) is 18.1 Å². The molecule has 1 aliphatic rings. The van der Waals surface area contributed by atoms with Crippen LogP contribution in [0.15, 0.2) is 38.8 Å². The van der Waals surface area contributed by atoms with E-state index in [9.17, 15) is 9.59 Å². The lowest BCUT2D eigenvalue weighted by Crippen LogP contribution is -2.42. The molecule has 2 heterocycles. The number of fused-ring (bicyclic) bond motifs is 1. The lowest BCUT2D eigenvalue weighted by molar-refractivity contribution is 0.201. The number of thioether (sulfide) groups is 1. The third-order valence-electron chi connectivity index (χ3n) is 6.37. The number of halogens is 2. The zero-order valence-electron chi connectivity index (χ0n) is 19.5. The molecule has 0 aliphatic carbocycles. The highest BCUT2D eigenvalue weighted by atomic mass is 35.5. The Bertz CT molecular complexity index is 1320. The Balaban J connectivity index is 1.79. The fourth-order valence-electron chi connectivity index (χ4n) is 4.67. The van der Waals surface area contributed by atoms with Crippen molar-refractivity contribution in [3.63, 3.8) is 0 Å². The Morgan fingerprint density at radius 1 is 1.15 bits per heavy atom. The molecule has 4 rings (SSSR count). The van der Waals surface area contributed by atoms with Gasteiger partial charge in [-0.05, 0) is 72.5 Å². The Labute approximate surface area is 213 Å². The van der Waals surface area contributed by atoms with Crippen molar-refractivity contribution in [2.45, 2.75) is 57.1 Å². The van der Waals surface area contributed by atoms with Crippen molar-refractivity contribution in [1.82, 2.24) is 14.5 Å². The summed E-state index contributed by atoms with van der Waals surface area (Å²) in [7, 11) is 0. The minimum absolute atomic E-state index is 0.138. The van der Waals surface area contributed by atoms with Gasteiger partial charge in [0.2, 0.25) is 0 Å². The third kappa shape index (κ3) is 5.24. The topological polar surface area (TPSA) is 84.1 Å². The van der Waals surface area contributed by atoms with E-state index >= 15 is 0 Å². The first-order chi connectivity index (χ1) is 16.3. The van der Waals surface area contributed by atoms with E-state index in [1.807, 2.05) is 31.2 Å². The van der Waals surface area contributed by atoms with Crippen LogP contribution >= 0.6 is 35.0 Å². The maximum Gasteiger partial charge on any atom is 0.329 e. The third-order valence-corrected chi connectivity index (χ3v) is 8.02. The van der Waals surface area contributed by atoms with Crippen molar-refractivity contribution < 1.29 is 0 Å². The average molecular weight is 522 g/mol. The number of likely N-dealkylation sites (tertiary alicyclic amines) is 1. The Morgan fingerprint density at radius 2 is 1.94 bits per heavy atom. The minimum Gasteiger partial charge on any atom is -0.327 e. The van der Waals surface area contributed by atoms with Gasteiger partial charge in [-0.1, -0.05) is 37.0 Å². The molecule has 0 spiro atoms. The molecular formula is C25H30Cl2N4O2S. The van der Waals surface area contributed by atoms with Crippen LogP contribution in [0.2, 0.25) is 10.0 Å². The van der Waals surface area contributed by atoms with Crippen LogP contribution in [0.3, 0.4) is 0 Å². The number of rotatable bonds is 7. The normalized spacial score (nSPS) is 16.9. The molecule has 6 nitrogen and oxygen atoms in total. The van der Waals surface area contributed by atoms with E-state index in [2.05, 4.69) is 16.8 Å². The molecule has 0 bridgehead atoms. The molecule has 182 valence electrons. The fourth-order valence-corrected chi connectivity index (χ4v) is 5.98. The monoisotopic (exact) mass is 520 g/mol. The zero-order chi connectivity index (χ0) is 24.4. The van der Waals surface area contributed by atoms with E-state index < -0.39 is 5.69 Å². The number of aromatic amines is 1. The van der Waals surface area contributed by atoms with Crippen molar-refractivity contribution in [2.24, 2.45) is 5.73 Å². The first kappa shape index (κ1) is 25.3. The van der Waals surface area contributed by atoms with Crippen LogP contribution in [0.5, 0.6) is 0 Å². The quantitative estimate of drug-likeness (QED) is 0.443. The van der Waals surface area contributed by atoms with E-state index in [1.165, 1.54) is 4.57 Å². The van der Waals surface area contributed by atoms with Gasteiger partial charge >= 0.3 is 5.69 Å². The van der Waals surface area contributed by atoms with Crippen LogP contribution in [-0.2, 0) is 19.5 Å². The van der Waals surface area contributed by atoms with Crippen molar-refractivity contribution in [2.75, 3.05) is 18.8 Å². The van der Waals surface area contributed by atoms with Crippen molar-refractivity contribution >= 4 is 45.9 Å². The summed E-state index contributed by atoms with van der Waals surface area (Å²) in [5.74, 6) is 0.873. The number of H-pyrrole nitrogens is 1. The number of hydrogen-bond acceptors (Lipinski definition) is 5. The molecule has 1 saturated heterocycles. The number of aromatic nitrogens is 2. The van der Waals surface area contributed by atoms with Crippen molar-refractivity contribution in [3.8, 4) is 0 Å². The maximum absolute atomic E-state index is 13.5. The van der Waals surface area contributed by atoms with Gasteiger partial charge in [-0.3, -0.25) is 14.3 Å². The number of benzene rings is 2. The van der Waals surface area contributed by atoms with Crippen LogP contribution in [0.25, 0.3) is 10.9 Å². The predicted molar refractivity (Wildman–Crippen MR) is 143 cm³/mol. The average Bonchev–Trinajstić information content (AvgIpc) is 2.80. The number of hydrogen-bond donors (Lipinski definition) is 2. The predicted octanol–water partition coefficient (Wildman–Crippen LogP) is 4.64. The largest absolute Gasteiger partial charge is 0.329 e. The molecule has 1 unspecified atom stereocenters. The summed E-state index contributed by atoms with van der Waals surface area (Å²) in [6, 6.07) is 7.60. The number of nitrogens with one attached hydrogen (secondary N) is 1. The van der Waals surface area contributed by atoms with Crippen molar-refractivity contribution in [1.29, 1.82) is 0 Å². The van der Waals surface area contributed by atoms with Crippen molar-refractivity contribution in [3.05, 3.63) is 71.8 Å². The fraction of sp³-hybridized carbons (Fsp3) is 0.440. The summed E-state index contributed by atoms with van der Waals surface area (Å²) in [6.07, 6.45) is 2.81. The molecule has 1 atom stereocenters. The molecule has 3 N–H and O–H groups in total. The first-order valence-corrected chi connectivity index (χ1v) is 13.4. The molecule has 0 radical (unpaired) electrons. The van der Waals surface area contributed by atoms with E-state index in [0.717, 1.165) is 59.7 Å². The van der Waals surface area contributed by atoms with Crippen LogP contribution in [0, 0.1) is 0 Å². The number of piperidine rings is 1. The molecule has 2 aromatic carbocycles. The van der Waals surface area contributed by atoms with Gasteiger partial charge < -0.3 is 10.7 Å². The lowest BCUT2D eigenvalue weighted by atomic mass is 9.99. The Kier molecular flexibility index (Phi) is 8.10. The summed E-state index contributed by atoms with van der Waals surface area (Å²) < 4.78 is 1.23. The second-order valence-electron chi connectivity index (χ2n) is 8.75. The molecular weight excluding hydrogens is 491 g/mol. The molecule has 34 heavy (non-hydrogen) atoms. The molecule has 9 heteroatoms. The second-order valence-corrected chi connectivity index (χ2v) is 10.9. The van der Waals surface area contributed by atoms with Crippen LogP contribution < -0.4 is 17.0 Å². The summed E-state index contributed by atoms with van der Waals surface area (Å²) >= 11 is 14.7. The summed E-state index contributed by atoms with van der Waals surface area (Å²) in [5, 5.41) is 1.44. The van der Waals surface area contributed by atoms with Gasteiger partial charge in [0, 0.05) is 29.0 Å². The number of nitrogens with two attached hydrogens (primary N) is 1. The molecule has 0 amide bonds. The first-order valence-electron chi connectivity index (χ1n) is 11.7. The smallest absolute Gasteiger partial charge is 0.327 e. The molecule has 3 aromatic rings. The highest BCUT2D eigenvalue weighted by Crippen LogP contribution is 2.30.